The van der Waals surface area contributed by atoms with Crippen molar-refractivity contribution >= 4 is 44.2 Å². The lowest BCUT2D eigenvalue weighted by Crippen LogP contribution is -2.12. The molecule has 0 unspecified atom stereocenters. The second-order valence-electron chi connectivity index (χ2n) is 4.49. The van der Waals surface area contributed by atoms with Crippen LogP contribution < -0.4 is 11.1 Å². The largest absolute Gasteiger partial charge is 0.451 e. The molecule has 0 fully saturated rings. The van der Waals surface area contributed by atoms with Crippen LogP contribution in [0.4, 0.5) is 15.8 Å². The summed E-state index contributed by atoms with van der Waals surface area (Å²) in [5.74, 6) is -0.955. The van der Waals surface area contributed by atoms with Crippen molar-refractivity contribution in [2.45, 2.75) is 0 Å². The highest BCUT2D eigenvalue weighted by Crippen LogP contribution is 2.24. The van der Waals surface area contributed by atoms with Gasteiger partial charge in [0.25, 0.3) is 5.91 Å². The molecule has 1 amide bonds. The number of carbonyl (C=O) groups excluding carboxylic acids is 1. The molecule has 0 aliphatic rings. The summed E-state index contributed by atoms with van der Waals surface area (Å²) in [6.07, 6.45) is 0. The monoisotopic (exact) mass is 348 g/mol. The molecule has 0 radical (unpaired) electrons. The van der Waals surface area contributed by atoms with Gasteiger partial charge in [-0.3, -0.25) is 4.79 Å². The van der Waals surface area contributed by atoms with Crippen LogP contribution >= 0.6 is 15.9 Å². The van der Waals surface area contributed by atoms with Crippen molar-refractivity contribution in [2.24, 2.45) is 0 Å². The van der Waals surface area contributed by atoms with E-state index >= 15 is 0 Å². The van der Waals surface area contributed by atoms with Gasteiger partial charge in [-0.25, -0.2) is 4.39 Å². The van der Waals surface area contributed by atoms with Crippen molar-refractivity contribution in [3.8, 4) is 0 Å². The fourth-order valence-corrected chi connectivity index (χ4v) is 2.31. The standard InChI is InChI=1S/C15H10BrFN2O2/c16-9-1-3-11(17)12(7-9)19-15(20)14-6-8-5-10(18)2-4-13(8)21-14/h1-7H,18H2,(H,19,20). The fourth-order valence-electron chi connectivity index (χ4n) is 1.95. The Labute approximate surface area is 127 Å². The summed E-state index contributed by atoms with van der Waals surface area (Å²) in [6.45, 7) is 0. The summed E-state index contributed by atoms with van der Waals surface area (Å²) in [6, 6.07) is 10.9. The van der Waals surface area contributed by atoms with Crippen LogP contribution in [0.3, 0.4) is 0 Å². The van der Waals surface area contributed by atoms with Crippen LogP contribution in [0.15, 0.2) is 51.4 Å². The second kappa shape index (κ2) is 5.21. The quantitative estimate of drug-likeness (QED) is 0.683. The van der Waals surface area contributed by atoms with Gasteiger partial charge in [-0.05, 0) is 42.5 Å². The SMILES string of the molecule is Nc1ccc2oc(C(=O)Nc3cc(Br)ccc3F)cc2c1. The summed E-state index contributed by atoms with van der Waals surface area (Å²) in [7, 11) is 0. The fraction of sp³-hybridized carbons (Fsp3) is 0. The van der Waals surface area contributed by atoms with E-state index in [0.717, 1.165) is 5.39 Å². The zero-order valence-corrected chi connectivity index (χ0v) is 12.3. The third-order valence-electron chi connectivity index (χ3n) is 2.94. The number of nitrogen functional groups attached to an aromatic ring is 1. The van der Waals surface area contributed by atoms with Gasteiger partial charge in [0.15, 0.2) is 5.76 Å². The number of fused-ring (bicyclic) bond motifs is 1. The van der Waals surface area contributed by atoms with E-state index in [-0.39, 0.29) is 11.4 Å². The lowest BCUT2D eigenvalue weighted by molar-refractivity contribution is 0.0998. The van der Waals surface area contributed by atoms with E-state index in [1.807, 2.05) is 0 Å². The summed E-state index contributed by atoms with van der Waals surface area (Å²) in [5, 5.41) is 3.19. The molecule has 2 aromatic carbocycles. The lowest BCUT2D eigenvalue weighted by atomic mass is 10.2. The molecule has 21 heavy (non-hydrogen) atoms. The minimum Gasteiger partial charge on any atom is -0.451 e. The number of halogens is 2. The maximum Gasteiger partial charge on any atom is 0.291 e. The molecule has 1 aromatic heterocycles. The molecule has 3 aromatic rings. The Kier molecular flexibility index (Phi) is 3.39. The molecule has 6 heteroatoms. The Morgan fingerprint density at radius 1 is 1.19 bits per heavy atom. The van der Waals surface area contributed by atoms with E-state index in [9.17, 15) is 9.18 Å². The molecule has 3 rings (SSSR count). The molecule has 4 nitrogen and oxygen atoms in total. The van der Waals surface area contributed by atoms with E-state index in [0.29, 0.717) is 15.7 Å². The van der Waals surface area contributed by atoms with Crippen LogP contribution in [0, 0.1) is 5.82 Å². The summed E-state index contributed by atoms with van der Waals surface area (Å²) in [4.78, 5) is 12.1. The van der Waals surface area contributed by atoms with Crippen LogP contribution in [-0.2, 0) is 0 Å². The van der Waals surface area contributed by atoms with Gasteiger partial charge >= 0.3 is 0 Å². The summed E-state index contributed by atoms with van der Waals surface area (Å²) in [5.41, 5.74) is 6.87. The van der Waals surface area contributed by atoms with Crippen molar-refractivity contribution in [3.63, 3.8) is 0 Å². The Morgan fingerprint density at radius 3 is 2.81 bits per heavy atom. The normalized spacial score (nSPS) is 10.8. The molecule has 0 saturated heterocycles. The first kappa shape index (κ1) is 13.6. The van der Waals surface area contributed by atoms with Gasteiger partial charge in [0.05, 0.1) is 5.69 Å². The average Bonchev–Trinajstić information content (AvgIpc) is 2.86. The number of nitrogens with one attached hydrogen (secondary N) is 1. The van der Waals surface area contributed by atoms with Gasteiger partial charge in [-0.2, -0.15) is 0 Å². The molecule has 0 atom stereocenters. The Morgan fingerprint density at radius 2 is 2.00 bits per heavy atom. The van der Waals surface area contributed by atoms with E-state index in [4.69, 9.17) is 10.2 Å². The predicted molar refractivity (Wildman–Crippen MR) is 82.7 cm³/mol. The molecule has 0 aliphatic carbocycles. The van der Waals surface area contributed by atoms with Gasteiger partial charge in [-0.1, -0.05) is 15.9 Å². The molecular formula is C15H10BrFN2O2. The third kappa shape index (κ3) is 2.75. The van der Waals surface area contributed by atoms with Crippen molar-refractivity contribution in [3.05, 3.63) is 58.5 Å². The highest BCUT2D eigenvalue weighted by Gasteiger charge is 2.14. The Balaban J connectivity index is 1.91. The number of nitrogens with two attached hydrogens (primary N) is 1. The highest BCUT2D eigenvalue weighted by molar-refractivity contribution is 9.10. The summed E-state index contributed by atoms with van der Waals surface area (Å²) < 4.78 is 19.7. The molecule has 0 aliphatic heterocycles. The Bertz CT molecular complexity index is 845. The summed E-state index contributed by atoms with van der Waals surface area (Å²) >= 11 is 3.22. The van der Waals surface area contributed by atoms with Crippen LogP contribution in [0.2, 0.25) is 0 Å². The van der Waals surface area contributed by atoms with Gasteiger partial charge in [0.2, 0.25) is 0 Å². The highest BCUT2D eigenvalue weighted by atomic mass is 79.9. The molecule has 106 valence electrons. The van der Waals surface area contributed by atoms with Gasteiger partial charge in [0, 0.05) is 15.5 Å². The van der Waals surface area contributed by atoms with Crippen molar-refractivity contribution < 1.29 is 13.6 Å². The van der Waals surface area contributed by atoms with E-state index in [2.05, 4.69) is 21.2 Å². The first-order chi connectivity index (χ1) is 10.0. The zero-order chi connectivity index (χ0) is 15.0. The van der Waals surface area contributed by atoms with Crippen molar-refractivity contribution in [2.75, 3.05) is 11.1 Å². The number of hydrogen-bond donors (Lipinski definition) is 2. The van der Waals surface area contributed by atoms with Gasteiger partial charge in [-0.15, -0.1) is 0 Å². The topological polar surface area (TPSA) is 68.3 Å². The molecule has 0 spiro atoms. The van der Waals surface area contributed by atoms with Crippen molar-refractivity contribution in [1.82, 2.24) is 0 Å². The molecule has 0 bridgehead atoms. The number of rotatable bonds is 2. The number of hydrogen-bond acceptors (Lipinski definition) is 3. The van der Waals surface area contributed by atoms with E-state index in [1.54, 1.807) is 30.3 Å². The van der Waals surface area contributed by atoms with Crippen molar-refractivity contribution in [1.29, 1.82) is 0 Å². The van der Waals surface area contributed by atoms with Gasteiger partial charge < -0.3 is 15.5 Å². The minimum atomic E-state index is -0.526. The van der Waals surface area contributed by atoms with Crippen LogP contribution in [0.5, 0.6) is 0 Å². The number of benzene rings is 2. The maximum atomic E-state index is 13.6. The average molecular weight is 349 g/mol. The van der Waals surface area contributed by atoms with Crippen LogP contribution in [-0.4, -0.2) is 5.91 Å². The third-order valence-corrected chi connectivity index (χ3v) is 3.43. The number of amides is 1. The Hall–Kier alpha value is -2.34. The number of anilines is 2. The smallest absolute Gasteiger partial charge is 0.291 e. The maximum absolute atomic E-state index is 13.6. The van der Waals surface area contributed by atoms with Gasteiger partial charge in [0.1, 0.15) is 11.4 Å². The zero-order valence-electron chi connectivity index (χ0n) is 10.7. The van der Waals surface area contributed by atoms with E-state index in [1.165, 1.54) is 12.1 Å². The van der Waals surface area contributed by atoms with E-state index < -0.39 is 11.7 Å². The first-order valence-electron chi connectivity index (χ1n) is 6.08. The minimum absolute atomic E-state index is 0.0781. The molecular weight excluding hydrogens is 339 g/mol. The number of carbonyl (C=O) groups is 1. The molecule has 0 saturated carbocycles. The number of furan rings is 1. The van der Waals surface area contributed by atoms with Crippen LogP contribution in [0.25, 0.3) is 11.0 Å². The molecule has 1 heterocycles. The van der Waals surface area contributed by atoms with Crippen LogP contribution in [0.1, 0.15) is 10.6 Å². The molecule has 3 N–H and O–H groups in total. The first-order valence-corrected chi connectivity index (χ1v) is 6.88. The second-order valence-corrected chi connectivity index (χ2v) is 5.40. The lowest BCUT2D eigenvalue weighted by Gasteiger charge is -2.04. The predicted octanol–water partition coefficient (Wildman–Crippen LogP) is 4.17.